The molecule has 3 N–H and O–H groups in total. The van der Waals surface area contributed by atoms with Crippen LogP contribution in [-0.4, -0.2) is 64.2 Å². The van der Waals surface area contributed by atoms with Gasteiger partial charge in [-0.25, -0.2) is 9.78 Å². The van der Waals surface area contributed by atoms with Crippen molar-refractivity contribution < 1.29 is 24.2 Å². The van der Waals surface area contributed by atoms with Crippen LogP contribution < -0.4 is 10.6 Å². The van der Waals surface area contributed by atoms with E-state index in [1.54, 1.807) is 27.7 Å². The summed E-state index contributed by atoms with van der Waals surface area (Å²) in [6, 6.07) is -0.967. The lowest BCUT2D eigenvalue weighted by Crippen LogP contribution is -2.58. The second kappa shape index (κ2) is 8.74. The molecule has 0 bridgehead atoms. The molecular formula is C21H32N4O5S. The van der Waals surface area contributed by atoms with E-state index in [2.05, 4.69) is 20.5 Å². The molecule has 10 heteroatoms. The first-order chi connectivity index (χ1) is 14.4. The van der Waals surface area contributed by atoms with Gasteiger partial charge in [-0.2, -0.15) is 0 Å². The average molecular weight is 453 g/mol. The summed E-state index contributed by atoms with van der Waals surface area (Å²) in [5.41, 5.74) is -0.676. The van der Waals surface area contributed by atoms with Gasteiger partial charge in [0.2, 0.25) is 0 Å². The smallest absolute Gasteiger partial charge is 0.407 e. The predicted octanol–water partition coefficient (Wildman–Crippen LogP) is 2.40. The molecule has 2 heterocycles. The van der Waals surface area contributed by atoms with Crippen LogP contribution in [0.4, 0.5) is 4.79 Å². The SMILES string of the molecule is CN1CCc2nc(C(=O)N[C@@H]3C[C@](C)(C(=O)O)CC[C@@H]3NC(=O)OC(C)(C)C)sc2C1. The van der Waals surface area contributed by atoms with Gasteiger partial charge in [0.1, 0.15) is 5.60 Å². The Morgan fingerprint density at radius 2 is 1.97 bits per heavy atom. The van der Waals surface area contributed by atoms with Gasteiger partial charge in [-0.3, -0.25) is 9.59 Å². The van der Waals surface area contributed by atoms with Crippen LogP contribution in [0.1, 0.15) is 67.3 Å². The predicted molar refractivity (Wildman–Crippen MR) is 116 cm³/mol. The summed E-state index contributed by atoms with van der Waals surface area (Å²) >= 11 is 1.37. The zero-order chi connectivity index (χ0) is 23.0. The normalized spacial score (nSPS) is 26.6. The van der Waals surface area contributed by atoms with E-state index in [4.69, 9.17) is 4.74 Å². The fourth-order valence-electron chi connectivity index (χ4n) is 4.03. The van der Waals surface area contributed by atoms with Crippen molar-refractivity contribution in [3.8, 4) is 0 Å². The standard InChI is InChI=1S/C21H32N4O5S/c1-20(2,3)30-19(29)24-12-6-8-21(4,18(27)28)10-14(12)22-16(26)17-23-13-7-9-25(5)11-15(13)31-17/h12,14H,6-11H2,1-5H3,(H,22,26)(H,24,29)(H,27,28)/t12-,14+,21+/m0/s1. The third-order valence-electron chi connectivity index (χ3n) is 5.81. The van der Waals surface area contributed by atoms with Gasteiger partial charge in [-0.05, 0) is 54.0 Å². The number of hydrogen-bond acceptors (Lipinski definition) is 7. The van der Waals surface area contributed by atoms with E-state index in [9.17, 15) is 19.5 Å². The van der Waals surface area contributed by atoms with Gasteiger partial charge >= 0.3 is 12.1 Å². The van der Waals surface area contributed by atoms with Crippen molar-refractivity contribution in [1.82, 2.24) is 20.5 Å². The zero-order valence-electron chi connectivity index (χ0n) is 18.8. The minimum atomic E-state index is -0.977. The molecule has 172 valence electrons. The number of alkyl carbamates (subject to hydrolysis) is 1. The van der Waals surface area contributed by atoms with Crippen LogP contribution in [0.3, 0.4) is 0 Å². The number of carboxylic acid groups (broad SMARTS) is 1. The minimum Gasteiger partial charge on any atom is -0.481 e. The van der Waals surface area contributed by atoms with E-state index in [0.29, 0.717) is 17.8 Å². The summed E-state index contributed by atoms with van der Waals surface area (Å²) in [7, 11) is 2.03. The third kappa shape index (κ3) is 5.74. The van der Waals surface area contributed by atoms with Crippen LogP contribution in [0.15, 0.2) is 0 Å². The second-order valence-electron chi connectivity index (χ2n) is 9.82. The number of hydrogen-bond donors (Lipinski definition) is 3. The molecule has 1 aromatic rings. The van der Waals surface area contributed by atoms with Crippen LogP contribution >= 0.6 is 11.3 Å². The van der Waals surface area contributed by atoms with Crippen molar-refractivity contribution in [2.24, 2.45) is 5.41 Å². The Hall–Kier alpha value is -2.20. The first-order valence-corrected chi connectivity index (χ1v) is 11.4. The van der Waals surface area contributed by atoms with Gasteiger partial charge in [0.25, 0.3) is 5.91 Å². The lowest BCUT2D eigenvalue weighted by atomic mass is 9.71. The monoisotopic (exact) mass is 452 g/mol. The molecule has 1 fully saturated rings. The number of nitrogens with one attached hydrogen (secondary N) is 2. The molecule has 2 aliphatic rings. The molecule has 0 aromatic carbocycles. The molecule has 3 rings (SSSR count). The summed E-state index contributed by atoms with van der Waals surface area (Å²) in [5, 5.41) is 15.8. The Morgan fingerprint density at radius 3 is 2.61 bits per heavy atom. The van der Waals surface area contributed by atoms with E-state index in [0.717, 1.165) is 30.1 Å². The van der Waals surface area contributed by atoms with Crippen molar-refractivity contribution >= 4 is 29.3 Å². The number of ether oxygens (including phenoxy) is 1. The largest absolute Gasteiger partial charge is 0.481 e. The van der Waals surface area contributed by atoms with Crippen molar-refractivity contribution in [3.63, 3.8) is 0 Å². The number of thiazole rings is 1. The highest BCUT2D eigenvalue weighted by Gasteiger charge is 2.44. The number of amides is 2. The van der Waals surface area contributed by atoms with Crippen molar-refractivity contribution in [2.45, 2.75) is 77.6 Å². The van der Waals surface area contributed by atoms with E-state index >= 15 is 0 Å². The Morgan fingerprint density at radius 1 is 1.26 bits per heavy atom. The molecule has 2 amide bonds. The Balaban J connectivity index is 1.75. The molecule has 0 spiro atoms. The Labute approximate surface area is 186 Å². The maximum absolute atomic E-state index is 13.0. The molecule has 1 aliphatic heterocycles. The molecule has 3 atom stereocenters. The van der Waals surface area contributed by atoms with Gasteiger partial charge in [0.05, 0.1) is 23.2 Å². The number of nitrogens with zero attached hydrogens (tertiary/aromatic N) is 2. The Bertz CT molecular complexity index is 864. The maximum Gasteiger partial charge on any atom is 0.407 e. The zero-order valence-corrected chi connectivity index (χ0v) is 19.6. The number of rotatable bonds is 4. The maximum atomic E-state index is 13.0. The highest BCUT2D eigenvalue weighted by atomic mass is 32.1. The fraction of sp³-hybridized carbons (Fsp3) is 0.714. The number of carbonyl (C=O) groups excluding carboxylic acids is 2. The van der Waals surface area contributed by atoms with E-state index in [1.807, 2.05) is 7.05 Å². The van der Waals surface area contributed by atoms with E-state index < -0.39 is 35.2 Å². The van der Waals surface area contributed by atoms with Crippen LogP contribution in [-0.2, 0) is 22.5 Å². The highest BCUT2D eigenvalue weighted by Crippen LogP contribution is 2.37. The average Bonchev–Trinajstić information content (AvgIpc) is 3.05. The van der Waals surface area contributed by atoms with Crippen LogP contribution in [0, 0.1) is 5.41 Å². The summed E-state index contributed by atoms with van der Waals surface area (Å²) in [6.07, 6.45) is 1.25. The van der Waals surface area contributed by atoms with Crippen LogP contribution in [0.2, 0.25) is 0 Å². The highest BCUT2D eigenvalue weighted by molar-refractivity contribution is 7.13. The molecule has 0 saturated heterocycles. The van der Waals surface area contributed by atoms with Gasteiger partial charge in [-0.1, -0.05) is 0 Å². The van der Waals surface area contributed by atoms with Gasteiger partial charge in [0, 0.05) is 24.4 Å². The molecule has 1 aromatic heterocycles. The van der Waals surface area contributed by atoms with Gasteiger partial charge < -0.3 is 25.4 Å². The molecule has 1 saturated carbocycles. The quantitative estimate of drug-likeness (QED) is 0.641. The molecule has 9 nitrogen and oxygen atoms in total. The Kier molecular flexibility index (Phi) is 6.61. The van der Waals surface area contributed by atoms with Crippen LogP contribution in [0.5, 0.6) is 0 Å². The second-order valence-corrected chi connectivity index (χ2v) is 10.9. The van der Waals surface area contributed by atoms with Crippen LogP contribution in [0.25, 0.3) is 0 Å². The number of fused-ring (bicyclic) bond motifs is 1. The third-order valence-corrected chi connectivity index (χ3v) is 6.90. The van der Waals surface area contributed by atoms with Crippen molar-refractivity contribution in [2.75, 3.05) is 13.6 Å². The number of aliphatic carboxylic acids is 1. The molecule has 31 heavy (non-hydrogen) atoms. The van der Waals surface area contributed by atoms with Gasteiger partial charge in [0.15, 0.2) is 5.01 Å². The first-order valence-electron chi connectivity index (χ1n) is 10.6. The number of carboxylic acids is 1. The topological polar surface area (TPSA) is 121 Å². The summed E-state index contributed by atoms with van der Waals surface area (Å²) in [6.45, 7) is 8.67. The molecule has 1 aliphatic carbocycles. The number of carbonyl (C=O) groups is 3. The first kappa shape index (κ1) is 23.5. The molecule has 0 unspecified atom stereocenters. The van der Waals surface area contributed by atoms with E-state index in [1.165, 1.54) is 11.3 Å². The summed E-state index contributed by atoms with van der Waals surface area (Å²) in [5.74, 6) is -1.24. The fourth-order valence-corrected chi connectivity index (χ4v) is 5.12. The van der Waals surface area contributed by atoms with Crippen molar-refractivity contribution in [3.05, 3.63) is 15.6 Å². The summed E-state index contributed by atoms with van der Waals surface area (Å²) in [4.78, 5) is 44.9. The number of likely N-dealkylation sites (N-methyl/N-ethyl adjacent to an activating group) is 1. The summed E-state index contributed by atoms with van der Waals surface area (Å²) < 4.78 is 5.35. The molecular weight excluding hydrogens is 420 g/mol. The lowest BCUT2D eigenvalue weighted by molar-refractivity contribution is -0.150. The molecule has 0 radical (unpaired) electrons. The minimum absolute atomic E-state index is 0.211. The van der Waals surface area contributed by atoms with Crippen molar-refractivity contribution in [1.29, 1.82) is 0 Å². The van der Waals surface area contributed by atoms with Gasteiger partial charge in [-0.15, -0.1) is 11.3 Å². The lowest BCUT2D eigenvalue weighted by Gasteiger charge is -2.40. The number of aromatic nitrogens is 1. The van der Waals surface area contributed by atoms with E-state index in [-0.39, 0.29) is 12.3 Å².